The molecular weight excluding hydrogens is 523 g/mol. The Hall–Kier alpha value is -1.87. The number of piperidine rings is 1. The predicted molar refractivity (Wildman–Crippen MR) is 137 cm³/mol. The second kappa shape index (κ2) is 11.1. The summed E-state index contributed by atoms with van der Waals surface area (Å²) in [5, 5.41) is 2.87. The molecule has 1 amide bonds. The molecule has 0 saturated carbocycles. The van der Waals surface area contributed by atoms with E-state index in [2.05, 4.69) is 39.7 Å². The average Bonchev–Trinajstić information content (AvgIpc) is 2.73. The Bertz CT molecular complexity index is 942. The molecule has 2 aromatic rings. The smallest absolute Gasteiger partial charge is 0.262 e. The number of amides is 1. The van der Waals surface area contributed by atoms with Crippen molar-refractivity contribution in [3.8, 4) is 11.5 Å². The van der Waals surface area contributed by atoms with Crippen LogP contribution in [0.4, 0.5) is 5.69 Å². The lowest BCUT2D eigenvalue weighted by Crippen LogP contribution is -2.37. The van der Waals surface area contributed by atoms with Crippen LogP contribution in [0.15, 0.2) is 36.4 Å². The Labute approximate surface area is 203 Å². The van der Waals surface area contributed by atoms with Gasteiger partial charge in [0.15, 0.2) is 18.1 Å². The first-order chi connectivity index (χ1) is 14.9. The number of hydrogen-bond acceptors (Lipinski definition) is 4. The molecule has 1 fully saturated rings. The fourth-order valence-electron chi connectivity index (χ4n) is 3.55. The highest BCUT2D eigenvalue weighted by Crippen LogP contribution is 2.35. The molecule has 1 aliphatic rings. The van der Waals surface area contributed by atoms with E-state index in [0.29, 0.717) is 18.1 Å². The van der Waals surface area contributed by atoms with E-state index in [1.54, 1.807) is 0 Å². The van der Waals surface area contributed by atoms with Gasteiger partial charge < -0.3 is 19.7 Å². The van der Waals surface area contributed by atoms with Crippen molar-refractivity contribution >= 4 is 51.4 Å². The summed E-state index contributed by atoms with van der Waals surface area (Å²) in [7, 11) is 0. The molecule has 0 atom stereocenters. The van der Waals surface area contributed by atoms with Crippen molar-refractivity contribution in [2.75, 3.05) is 31.6 Å². The monoisotopic (exact) mass is 552 g/mol. The maximum absolute atomic E-state index is 12.4. The lowest BCUT2D eigenvalue weighted by molar-refractivity contribution is -0.118. The zero-order chi connectivity index (χ0) is 22.4. The first-order valence-corrected chi connectivity index (χ1v) is 12.1. The summed E-state index contributed by atoms with van der Waals surface area (Å²) in [5.41, 5.74) is 2.79. The topological polar surface area (TPSA) is 50.8 Å². The highest BCUT2D eigenvalue weighted by molar-refractivity contribution is 14.1. The van der Waals surface area contributed by atoms with Gasteiger partial charge in [0.1, 0.15) is 4.99 Å². The quantitative estimate of drug-likeness (QED) is 0.367. The minimum atomic E-state index is -0.217. The van der Waals surface area contributed by atoms with Crippen LogP contribution in [-0.2, 0) is 4.79 Å². The minimum Gasteiger partial charge on any atom is -0.490 e. The summed E-state index contributed by atoms with van der Waals surface area (Å²) in [4.78, 5) is 15.5. The van der Waals surface area contributed by atoms with Gasteiger partial charge >= 0.3 is 0 Å². The molecule has 1 heterocycles. The van der Waals surface area contributed by atoms with Crippen LogP contribution in [0, 0.1) is 16.4 Å². The number of benzene rings is 2. The summed E-state index contributed by atoms with van der Waals surface area (Å²) in [6, 6.07) is 11.6. The maximum atomic E-state index is 12.4. The molecular formula is C24H29IN2O3S. The maximum Gasteiger partial charge on any atom is 0.262 e. The molecule has 0 spiro atoms. The van der Waals surface area contributed by atoms with Crippen molar-refractivity contribution in [3.63, 3.8) is 0 Å². The number of nitrogens with zero attached hydrogens (tertiary/aromatic N) is 1. The van der Waals surface area contributed by atoms with E-state index in [0.717, 1.165) is 57.2 Å². The highest BCUT2D eigenvalue weighted by atomic mass is 127. The Morgan fingerprint density at radius 3 is 2.65 bits per heavy atom. The second-order valence-corrected chi connectivity index (χ2v) is 9.45. The molecule has 31 heavy (non-hydrogen) atoms. The van der Waals surface area contributed by atoms with Gasteiger partial charge in [-0.25, -0.2) is 0 Å². The number of ether oxygens (including phenoxy) is 2. The summed E-state index contributed by atoms with van der Waals surface area (Å²) in [5.74, 6) is 1.71. The van der Waals surface area contributed by atoms with Gasteiger partial charge in [0.2, 0.25) is 0 Å². The lowest BCUT2D eigenvalue weighted by atomic mass is 9.99. The SMILES string of the molecule is CCOc1cc(C(=S)N2CCC(C)CC2)cc(I)c1OCC(=O)Nc1cccc(C)c1. The zero-order valence-corrected chi connectivity index (χ0v) is 21.2. The van der Waals surface area contributed by atoms with Crippen molar-refractivity contribution in [2.24, 2.45) is 5.92 Å². The summed E-state index contributed by atoms with van der Waals surface area (Å²) >= 11 is 8.00. The number of halogens is 1. The molecule has 0 unspecified atom stereocenters. The summed E-state index contributed by atoms with van der Waals surface area (Å²) in [6.07, 6.45) is 2.32. The molecule has 5 nitrogen and oxygen atoms in total. The first-order valence-electron chi connectivity index (χ1n) is 10.6. The van der Waals surface area contributed by atoms with Crippen molar-refractivity contribution in [1.82, 2.24) is 4.90 Å². The number of rotatable bonds is 7. The number of carbonyl (C=O) groups excluding carboxylic acids is 1. The lowest BCUT2D eigenvalue weighted by Gasteiger charge is -2.32. The first kappa shape index (κ1) is 23.8. The number of thiocarbonyl (C=S) groups is 1. The normalized spacial score (nSPS) is 14.3. The molecule has 0 radical (unpaired) electrons. The van der Waals surface area contributed by atoms with Crippen LogP contribution in [0.2, 0.25) is 0 Å². The van der Waals surface area contributed by atoms with E-state index in [1.807, 2.05) is 50.2 Å². The number of anilines is 1. The Kier molecular flexibility index (Phi) is 8.54. The average molecular weight is 552 g/mol. The van der Waals surface area contributed by atoms with Crippen LogP contribution < -0.4 is 14.8 Å². The van der Waals surface area contributed by atoms with Crippen molar-refractivity contribution < 1.29 is 14.3 Å². The third-order valence-electron chi connectivity index (χ3n) is 5.28. The number of hydrogen-bond donors (Lipinski definition) is 1. The van der Waals surface area contributed by atoms with Gasteiger partial charge in [0.25, 0.3) is 5.91 Å². The standard InChI is InChI=1S/C24H29IN2O3S/c1-4-29-21-14-18(24(31)27-10-8-16(2)9-11-27)13-20(25)23(21)30-15-22(28)26-19-7-5-6-17(3)12-19/h5-7,12-14,16H,4,8-11,15H2,1-3H3,(H,26,28). The molecule has 0 bridgehead atoms. The fraction of sp³-hybridized carbons (Fsp3) is 0.417. The fourth-order valence-corrected chi connectivity index (χ4v) is 4.60. The van der Waals surface area contributed by atoms with Gasteiger partial charge in [0, 0.05) is 24.3 Å². The second-order valence-electron chi connectivity index (χ2n) is 7.90. The van der Waals surface area contributed by atoms with Crippen molar-refractivity contribution in [1.29, 1.82) is 0 Å². The van der Waals surface area contributed by atoms with E-state index < -0.39 is 0 Å². The van der Waals surface area contributed by atoms with Crippen LogP contribution >= 0.6 is 34.8 Å². The zero-order valence-electron chi connectivity index (χ0n) is 18.2. The molecule has 1 saturated heterocycles. The van der Waals surface area contributed by atoms with Gasteiger partial charge in [-0.1, -0.05) is 31.3 Å². The van der Waals surface area contributed by atoms with Crippen LogP contribution in [0.3, 0.4) is 0 Å². The molecule has 0 aromatic heterocycles. The van der Waals surface area contributed by atoms with E-state index >= 15 is 0 Å². The summed E-state index contributed by atoms with van der Waals surface area (Å²) < 4.78 is 12.6. The predicted octanol–water partition coefficient (Wildman–Crippen LogP) is 5.42. The number of carbonyl (C=O) groups is 1. The Balaban J connectivity index is 1.71. The van der Waals surface area contributed by atoms with E-state index in [-0.39, 0.29) is 12.5 Å². The third-order valence-corrected chi connectivity index (χ3v) is 6.57. The van der Waals surface area contributed by atoms with E-state index in [4.69, 9.17) is 21.7 Å². The molecule has 1 aliphatic heterocycles. The molecule has 3 rings (SSSR count). The Morgan fingerprint density at radius 2 is 1.97 bits per heavy atom. The van der Waals surface area contributed by atoms with Crippen LogP contribution in [0.5, 0.6) is 11.5 Å². The Morgan fingerprint density at radius 1 is 1.23 bits per heavy atom. The highest BCUT2D eigenvalue weighted by Gasteiger charge is 2.21. The third kappa shape index (κ3) is 6.55. The number of likely N-dealkylation sites (tertiary alicyclic amines) is 1. The van der Waals surface area contributed by atoms with Crippen LogP contribution in [0.25, 0.3) is 0 Å². The van der Waals surface area contributed by atoms with Gasteiger partial charge in [-0.05, 0) is 85.0 Å². The van der Waals surface area contributed by atoms with Crippen molar-refractivity contribution in [3.05, 3.63) is 51.1 Å². The van der Waals surface area contributed by atoms with Crippen LogP contribution in [-0.4, -0.2) is 42.1 Å². The van der Waals surface area contributed by atoms with Gasteiger partial charge in [-0.15, -0.1) is 0 Å². The molecule has 2 aromatic carbocycles. The van der Waals surface area contributed by atoms with Gasteiger partial charge in [0.05, 0.1) is 10.2 Å². The largest absolute Gasteiger partial charge is 0.490 e. The number of aryl methyl sites for hydroxylation is 1. The molecule has 1 N–H and O–H groups in total. The minimum absolute atomic E-state index is 0.0994. The van der Waals surface area contributed by atoms with Gasteiger partial charge in [-0.2, -0.15) is 0 Å². The molecule has 166 valence electrons. The van der Waals surface area contributed by atoms with Gasteiger partial charge in [-0.3, -0.25) is 4.79 Å². The van der Waals surface area contributed by atoms with Crippen molar-refractivity contribution in [2.45, 2.75) is 33.6 Å². The number of nitrogens with one attached hydrogen (secondary N) is 1. The van der Waals surface area contributed by atoms with E-state index in [9.17, 15) is 4.79 Å². The summed E-state index contributed by atoms with van der Waals surface area (Å²) in [6.45, 7) is 8.57. The molecule has 0 aliphatic carbocycles. The van der Waals surface area contributed by atoms with E-state index in [1.165, 1.54) is 0 Å². The van der Waals surface area contributed by atoms with Crippen LogP contribution in [0.1, 0.15) is 37.8 Å². The molecule has 7 heteroatoms.